The fraction of sp³-hybridized carbons (Fsp3) is 0.167. The van der Waals surface area contributed by atoms with Gasteiger partial charge in [0, 0.05) is 19.0 Å². The number of aryl methyl sites for hydroxylation is 2. The van der Waals surface area contributed by atoms with Crippen molar-refractivity contribution in [1.29, 1.82) is 0 Å². The van der Waals surface area contributed by atoms with Crippen LogP contribution in [0.2, 0.25) is 0 Å². The van der Waals surface area contributed by atoms with E-state index in [4.69, 9.17) is 0 Å². The Hall–Kier alpha value is -3.45. The smallest absolute Gasteiger partial charge is 0.251 e. The molecule has 0 fully saturated rings. The first-order valence-electron chi connectivity index (χ1n) is 9.74. The van der Waals surface area contributed by atoms with Crippen LogP contribution in [0.3, 0.4) is 0 Å². The zero-order valence-corrected chi connectivity index (χ0v) is 18.4. The van der Waals surface area contributed by atoms with Gasteiger partial charge in [-0.25, -0.2) is 8.42 Å². The zero-order chi connectivity index (χ0) is 22.6. The maximum absolute atomic E-state index is 13.1. The molecule has 2 amide bonds. The van der Waals surface area contributed by atoms with Crippen LogP contribution < -0.4 is 10.6 Å². The molecular formula is C24H24N2O4S. The van der Waals surface area contributed by atoms with Crippen LogP contribution in [-0.4, -0.2) is 20.2 Å². The molecule has 3 aromatic carbocycles. The Bertz CT molecular complexity index is 1220. The van der Waals surface area contributed by atoms with Crippen molar-refractivity contribution in [1.82, 2.24) is 5.32 Å². The van der Waals surface area contributed by atoms with Crippen molar-refractivity contribution in [2.24, 2.45) is 0 Å². The Morgan fingerprint density at radius 1 is 0.839 bits per heavy atom. The molecule has 3 aromatic rings. The van der Waals surface area contributed by atoms with Crippen LogP contribution in [0.1, 0.15) is 34.0 Å². The molecule has 2 N–H and O–H groups in total. The average molecular weight is 437 g/mol. The Kier molecular flexibility index (Phi) is 6.56. The summed E-state index contributed by atoms with van der Waals surface area (Å²) in [6.45, 7) is 5.46. The van der Waals surface area contributed by atoms with Crippen molar-refractivity contribution in [3.8, 4) is 0 Å². The molecule has 0 aliphatic heterocycles. The van der Waals surface area contributed by atoms with Crippen molar-refractivity contribution in [2.45, 2.75) is 37.1 Å². The Morgan fingerprint density at radius 2 is 1.42 bits per heavy atom. The van der Waals surface area contributed by atoms with Crippen LogP contribution in [0, 0.1) is 13.8 Å². The largest absolute Gasteiger partial charge is 0.348 e. The van der Waals surface area contributed by atoms with Crippen molar-refractivity contribution in [2.75, 3.05) is 5.32 Å². The van der Waals surface area contributed by atoms with E-state index in [0.717, 1.165) is 16.7 Å². The molecule has 31 heavy (non-hydrogen) atoms. The number of carbonyl (C=O) groups excluding carboxylic acids is 2. The molecule has 0 radical (unpaired) electrons. The van der Waals surface area contributed by atoms with Gasteiger partial charge in [0.25, 0.3) is 5.91 Å². The van der Waals surface area contributed by atoms with Gasteiger partial charge >= 0.3 is 0 Å². The fourth-order valence-corrected chi connectivity index (χ4v) is 4.42. The van der Waals surface area contributed by atoms with Crippen LogP contribution in [0.4, 0.5) is 5.69 Å². The summed E-state index contributed by atoms with van der Waals surface area (Å²) in [5, 5.41) is 5.35. The quantitative estimate of drug-likeness (QED) is 0.610. The van der Waals surface area contributed by atoms with Crippen molar-refractivity contribution in [3.63, 3.8) is 0 Å². The molecule has 0 unspecified atom stereocenters. The standard InChI is InChI=1S/C24H24N2O4S/c1-16-4-8-19(9-5-16)15-25-24(28)20-10-13-23(22(14-20)26-18(3)27)31(29,30)21-11-6-17(2)7-12-21/h4-14H,15H2,1-3H3,(H,25,28)(H,26,27). The normalized spacial score (nSPS) is 11.1. The van der Waals surface area contributed by atoms with E-state index >= 15 is 0 Å². The highest BCUT2D eigenvalue weighted by Crippen LogP contribution is 2.29. The summed E-state index contributed by atoms with van der Waals surface area (Å²) in [4.78, 5) is 24.3. The summed E-state index contributed by atoms with van der Waals surface area (Å²) in [6, 6.07) is 18.4. The Morgan fingerprint density at radius 3 is 2.00 bits per heavy atom. The molecule has 0 saturated carbocycles. The van der Waals surface area contributed by atoms with E-state index in [1.807, 2.05) is 38.1 Å². The Balaban J connectivity index is 1.90. The minimum absolute atomic E-state index is 0.0658. The number of nitrogens with one attached hydrogen (secondary N) is 2. The van der Waals surface area contributed by atoms with E-state index in [-0.39, 0.29) is 26.9 Å². The highest BCUT2D eigenvalue weighted by atomic mass is 32.2. The van der Waals surface area contributed by atoms with E-state index in [0.29, 0.717) is 6.54 Å². The van der Waals surface area contributed by atoms with Crippen LogP contribution >= 0.6 is 0 Å². The highest BCUT2D eigenvalue weighted by Gasteiger charge is 2.23. The second kappa shape index (κ2) is 9.14. The first-order valence-corrected chi connectivity index (χ1v) is 11.2. The van der Waals surface area contributed by atoms with Gasteiger partial charge in [0.1, 0.15) is 0 Å². The van der Waals surface area contributed by atoms with E-state index in [2.05, 4.69) is 10.6 Å². The van der Waals surface area contributed by atoms with Gasteiger partial charge in [-0.1, -0.05) is 47.5 Å². The molecule has 0 heterocycles. The molecular weight excluding hydrogens is 412 g/mol. The van der Waals surface area contributed by atoms with Gasteiger partial charge in [-0.05, 0) is 49.7 Å². The first-order chi connectivity index (χ1) is 14.7. The third kappa shape index (κ3) is 5.38. The molecule has 0 bridgehead atoms. The van der Waals surface area contributed by atoms with E-state index in [1.165, 1.54) is 37.3 Å². The Labute approximate surface area is 182 Å². The van der Waals surface area contributed by atoms with Gasteiger partial charge in [-0.2, -0.15) is 0 Å². The zero-order valence-electron chi connectivity index (χ0n) is 17.6. The molecule has 0 spiro atoms. The third-order valence-corrected chi connectivity index (χ3v) is 6.57. The number of carbonyl (C=O) groups is 2. The summed E-state index contributed by atoms with van der Waals surface area (Å²) in [6.07, 6.45) is 0. The van der Waals surface area contributed by atoms with E-state index in [9.17, 15) is 18.0 Å². The highest BCUT2D eigenvalue weighted by molar-refractivity contribution is 7.91. The van der Waals surface area contributed by atoms with Crippen LogP contribution in [0.5, 0.6) is 0 Å². The van der Waals surface area contributed by atoms with Gasteiger partial charge in [0.05, 0.1) is 15.5 Å². The number of amides is 2. The number of hydrogen-bond donors (Lipinski definition) is 2. The molecule has 7 heteroatoms. The van der Waals surface area contributed by atoms with Crippen molar-refractivity contribution < 1.29 is 18.0 Å². The first kappa shape index (κ1) is 22.2. The molecule has 160 valence electrons. The molecule has 0 aliphatic rings. The number of anilines is 1. The van der Waals surface area contributed by atoms with Gasteiger partial charge in [0.15, 0.2) is 0 Å². The average Bonchev–Trinajstić information content (AvgIpc) is 2.73. The number of benzene rings is 3. The topological polar surface area (TPSA) is 92.3 Å². The van der Waals surface area contributed by atoms with Gasteiger partial charge in [-0.3, -0.25) is 9.59 Å². The summed E-state index contributed by atoms with van der Waals surface area (Å²) >= 11 is 0. The number of rotatable bonds is 6. The summed E-state index contributed by atoms with van der Waals surface area (Å²) in [5.41, 5.74) is 3.32. The number of hydrogen-bond acceptors (Lipinski definition) is 4. The predicted octanol–water partition coefficient (Wildman–Crippen LogP) is 4.02. The minimum atomic E-state index is -3.88. The second-order valence-corrected chi connectivity index (χ2v) is 9.29. The number of sulfone groups is 1. The van der Waals surface area contributed by atoms with Crippen LogP contribution in [0.15, 0.2) is 76.5 Å². The van der Waals surface area contributed by atoms with Crippen LogP contribution in [-0.2, 0) is 21.2 Å². The lowest BCUT2D eigenvalue weighted by molar-refractivity contribution is -0.114. The van der Waals surface area contributed by atoms with E-state index in [1.54, 1.807) is 12.1 Å². The summed E-state index contributed by atoms with van der Waals surface area (Å²) in [5.74, 6) is -0.802. The maximum atomic E-state index is 13.1. The van der Waals surface area contributed by atoms with Gasteiger partial charge < -0.3 is 10.6 Å². The van der Waals surface area contributed by atoms with E-state index < -0.39 is 15.7 Å². The fourth-order valence-electron chi connectivity index (χ4n) is 3.03. The second-order valence-electron chi connectivity index (χ2n) is 7.38. The van der Waals surface area contributed by atoms with Gasteiger partial charge in [0.2, 0.25) is 15.7 Å². The maximum Gasteiger partial charge on any atom is 0.251 e. The molecule has 0 saturated heterocycles. The van der Waals surface area contributed by atoms with Gasteiger partial charge in [-0.15, -0.1) is 0 Å². The molecule has 0 aromatic heterocycles. The van der Waals surface area contributed by atoms with Crippen LogP contribution in [0.25, 0.3) is 0 Å². The lowest BCUT2D eigenvalue weighted by Gasteiger charge is -2.13. The third-order valence-electron chi connectivity index (χ3n) is 4.75. The molecule has 0 aliphatic carbocycles. The lowest BCUT2D eigenvalue weighted by Crippen LogP contribution is -2.23. The SMILES string of the molecule is CC(=O)Nc1cc(C(=O)NCc2ccc(C)cc2)ccc1S(=O)(=O)c1ccc(C)cc1. The monoisotopic (exact) mass is 436 g/mol. The van der Waals surface area contributed by atoms with Crippen molar-refractivity contribution >= 4 is 27.3 Å². The summed E-state index contributed by atoms with van der Waals surface area (Å²) in [7, 11) is -3.88. The minimum Gasteiger partial charge on any atom is -0.348 e. The summed E-state index contributed by atoms with van der Waals surface area (Å²) < 4.78 is 26.2. The molecule has 3 rings (SSSR count). The molecule has 6 nitrogen and oxygen atoms in total. The molecule has 0 atom stereocenters. The van der Waals surface area contributed by atoms with Crippen molar-refractivity contribution in [3.05, 3.63) is 89.0 Å². The predicted molar refractivity (Wildman–Crippen MR) is 120 cm³/mol. The lowest BCUT2D eigenvalue weighted by atomic mass is 10.1.